The molecule has 0 aliphatic rings. The lowest BCUT2D eigenvalue weighted by Crippen LogP contribution is -2.49. The molecule has 1 unspecified atom stereocenters. The van der Waals surface area contributed by atoms with E-state index in [1.807, 2.05) is 0 Å². The van der Waals surface area contributed by atoms with Crippen molar-refractivity contribution in [1.82, 2.24) is 10.6 Å². The normalized spacial score (nSPS) is 12.2. The summed E-state index contributed by atoms with van der Waals surface area (Å²) in [5, 5.41) is 15.2. The molecule has 0 aromatic heterocycles. The highest BCUT2D eigenvalue weighted by Gasteiger charge is 2.19. The second-order valence-corrected chi connectivity index (χ2v) is 12.5. The van der Waals surface area contributed by atoms with Gasteiger partial charge in [0.05, 0.1) is 6.61 Å². The Hall–Kier alpha value is -1.36. The summed E-state index contributed by atoms with van der Waals surface area (Å²) in [4.78, 5) is 24.6. The van der Waals surface area contributed by atoms with E-state index in [2.05, 4.69) is 36.6 Å². The molecular weight excluding hydrogens is 520 g/mol. The van der Waals surface area contributed by atoms with Gasteiger partial charge in [-0.2, -0.15) is 0 Å². The number of amides is 2. The highest BCUT2D eigenvalue weighted by Crippen LogP contribution is 2.13. The molecule has 0 saturated carbocycles. The lowest BCUT2D eigenvalue weighted by atomic mass is 10.0. The first-order chi connectivity index (χ1) is 20.7. The third-order valence-corrected chi connectivity index (χ3v) is 8.33. The van der Waals surface area contributed by atoms with E-state index < -0.39 is 6.04 Å². The SMILES string of the molecule is CCCCCCCC/C=C\CCCCCCCC(=O)NC(CO)C(=O)NCCCCCCCCCCCCCCCC. The number of unbranched alkanes of at least 4 members (excludes halogenated alkanes) is 24. The highest BCUT2D eigenvalue weighted by atomic mass is 16.3. The molecule has 5 nitrogen and oxygen atoms in total. The van der Waals surface area contributed by atoms with Gasteiger partial charge in [-0.05, 0) is 38.5 Å². The maximum absolute atomic E-state index is 12.4. The molecule has 3 N–H and O–H groups in total. The van der Waals surface area contributed by atoms with Crippen LogP contribution in [0.15, 0.2) is 12.2 Å². The van der Waals surface area contributed by atoms with Crippen LogP contribution in [0.2, 0.25) is 0 Å². The molecular formula is C37H72N2O3. The van der Waals surface area contributed by atoms with Gasteiger partial charge in [-0.3, -0.25) is 9.59 Å². The molecule has 0 spiro atoms. The zero-order valence-electron chi connectivity index (χ0n) is 28.2. The minimum Gasteiger partial charge on any atom is -0.394 e. The van der Waals surface area contributed by atoms with E-state index in [4.69, 9.17) is 0 Å². The van der Waals surface area contributed by atoms with Gasteiger partial charge in [-0.25, -0.2) is 0 Å². The number of aliphatic hydroxyl groups is 1. The van der Waals surface area contributed by atoms with Gasteiger partial charge >= 0.3 is 0 Å². The number of nitrogens with one attached hydrogen (secondary N) is 2. The molecule has 0 saturated heterocycles. The minimum absolute atomic E-state index is 0.140. The monoisotopic (exact) mass is 593 g/mol. The van der Waals surface area contributed by atoms with Gasteiger partial charge in [0, 0.05) is 13.0 Å². The number of allylic oxidation sites excluding steroid dienone is 2. The van der Waals surface area contributed by atoms with Crippen LogP contribution in [-0.2, 0) is 9.59 Å². The Morgan fingerprint density at radius 2 is 0.929 bits per heavy atom. The molecule has 0 bridgehead atoms. The number of rotatable bonds is 33. The fourth-order valence-corrected chi connectivity index (χ4v) is 5.47. The van der Waals surface area contributed by atoms with Crippen molar-refractivity contribution < 1.29 is 14.7 Å². The van der Waals surface area contributed by atoms with Gasteiger partial charge in [-0.15, -0.1) is 0 Å². The summed E-state index contributed by atoms with van der Waals surface area (Å²) in [6.07, 6.45) is 39.3. The molecule has 42 heavy (non-hydrogen) atoms. The van der Waals surface area contributed by atoms with E-state index in [1.165, 1.54) is 135 Å². The predicted octanol–water partition coefficient (Wildman–Crippen LogP) is 10.1. The number of carbonyl (C=O) groups excluding carboxylic acids is 2. The summed E-state index contributed by atoms with van der Waals surface area (Å²) >= 11 is 0. The molecule has 0 aromatic rings. The Bertz CT molecular complexity index is 608. The van der Waals surface area contributed by atoms with Crippen molar-refractivity contribution in [2.24, 2.45) is 0 Å². The third kappa shape index (κ3) is 30.1. The van der Waals surface area contributed by atoms with Crippen LogP contribution in [0.3, 0.4) is 0 Å². The summed E-state index contributed by atoms with van der Waals surface area (Å²) in [6, 6.07) is -0.840. The Kier molecular flexibility index (Phi) is 33.0. The average molecular weight is 593 g/mol. The Morgan fingerprint density at radius 1 is 0.548 bits per heavy atom. The van der Waals surface area contributed by atoms with Crippen LogP contribution in [0, 0.1) is 0 Å². The van der Waals surface area contributed by atoms with Crippen molar-refractivity contribution in [3.05, 3.63) is 12.2 Å². The van der Waals surface area contributed by atoms with Crippen molar-refractivity contribution >= 4 is 11.8 Å². The van der Waals surface area contributed by atoms with Gasteiger partial charge in [0.15, 0.2) is 0 Å². The molecule has 0 aliphatic carbocycles. The molecule has 5 heteroatoms. The number of hydrogen-bond donors (Lipinski definition) is 3. The zero-order chi connectivity index (χ0) is 30.8. The van der Waals surface area contributed by atoms with Gasteiger partial charge < -0.3 is 15.7 Å². The summed E-state index contributed by atoms with van der Waals surface area (Å²) in [5.74, 6) is -0.414. The lowest BCUT2D eigenvalue weighted by molar-refractivity contribution is -0.130. The van der Waals surface area contributed by atoms with Crippen molar-refractivity contribution in [1.29, 1.82) is 0 Å². The van der Waals surface area contributed by atoms with Gasteiger partial charge in [-0.1, -0.05) is 161 Å². The van der Waals surface area contributed by atoms with Crippen LogP contribution in [0.4, 0.5) is 0 Å². The van der Waals surface area contributed by atoms with Crippen molar-refractivity contribution in [2.75, 3.05) is 13.2 Å². The standard InChI is InChI=1S/C37H72N2O3/c1-3-5-7-9-11-13-15-17-19-20-22-24-26-28-30-32-36(41)39-35(34-40)37(42)38-33-31-29-27-25-23-21-18-16-14-12-10-8-6-4-2/h17,19,35,40H,3-16,18,20-34H2,1-2H3,(H,38,42)(H,39,41)/b19-17-. The molecule has 0 rings (SSSR count). The van der Waals surface area contributed by atoms with E-state index in [-0.39, 0.29) is 18.4 Å². The fraction of sp³-hybridized carbons (Fsp3) is 0.892. The van der Waals surface area contributed by atoms with E-state index in [0.29, 0.717) is 13.0 Å². The molecule has 0 radical (unpaired) electrons. The van der Waals surface area contributed by atoms with Gasteiger partial charge in [0.2, 0.25) is 11.8 Å². The molecule has 0 aliphatic heterocycles. The summed E-state index contributed by atoms with van der Waals surface area (Å²) in [7, 11) is 0. The van der Waals surface area contributed by atoms with Crippen LogP contribution in [0.5, 0.6) is 0 Å². The maximum atomic E-state index is 12.4. The quantitative estimate of drug-likeness (QED) is 0.0524. The Balaban J connectivity index is 3.56. The molecule has 1 atom stereocenters. The first-order valence-corrected chi connectivity index (χ1v) is 18.5. The number of carbonyl (C=O) groups is 2. The second kappa shape index (κ2) is 34.1. The predicted molar refractivity (Wildman–Crippen MR) is 182 cm³/mol. The topological polar surface area (TPSA) is 78.4 Å². The molecule has 0 heterocycles. The molecule has 248 valence electrons. The van der Waals surface area contributed by atoms with Crippen molar-refractivity contribution in [3.63, 3.8) is 0 Å². The van der Waals surface area contributed by atoms with Crippen LogP contribution < -0.4 is 10.6 Å². The van der Waals surface area contributed by atoms with Crippen LogP contribution >= 0.6 is 0 Å². The van der Waals surface area contributed by atoms with E-state index in [9.17, 15) is 14.7 Å². The summed E-state index contributed by atoms with van der Waals surface area (Å²) < 4.78 is 0. The summed E-state index contributed by atoms with van der Waals surface area (Å²) in [6.45, 7) is 4.78. The molecule has 0 fully saturated rings. The van der Waals surface area contributed by atoms with Crippen LogP contribution in [0.1, 0.15) is 194 Å². The zero-order valence-corrected chi connectivity index (χ0v) is 28.2. The smallest absolute Gasteiger partial charge is 0.244 e. The van der Waals surface area contributed by atoms with Gasteiger partial charge in [0.25, 0.3) is 0 Å². The second-order valence-electron chi connectivity index (χ2n) is 12.5. The summed E-state index contributed by atoms with van der Waals surface area (Å²) in [5.41, 5.74) is 0. The van der Waals surface area contributed by atoms with E-state index in [0.717, 1.165) is 38.5 Å². The number of aliphatic hydroxyl groups excluding tert-OH is 1. The highest BCUT2D eigenvalue weighted by molar-refractivity contribution is 5.87. The first-order valence-electron chi connectivity index (χ1n) is 18.5. The van der Waals surface area contributed by atoms with Crippen molar-refractivity contribution in [2.45, 2.75) is 200 Å². The number of hydrogen-bond acceptors (Lipinski definition) is 3. The average Bonchev–Trinajstić information content (AvgIpc) is 2.99. The Morgan fingerprint density at radius 3 is 1.36 bits per heavy atom. The van der Waals surface area contributed by atoms with Crippen molar-refractivity contribution in [3.8, 4) is 0 Å². The van der Waals surface area contributed by atoms with Crippen LogP contribution in [0.25, 0.3) is 0 Å². The molecule has 2 amide bonds. The lowest BCUT2D eigenvalue weighted by Gasteiger charge is -2.16. The maximum Gasteiger partial charge on any atom is 0.244 e. The van der Waals surface area contributed by atoms with Gasteiger partial charge in [0.1, 0.15) is 6.04 Å². The minimum atomic E-state index is -0.840. The van der Waals surface area contributed by atoms with E-state index >= 15 is 0 Å². The fourth-order valence-electron chi connectivity index (χ4n) is 5.47. The largest absolute Gasteiger partial charge is 0.394 e. The molecule has 0 aromatic carbocycles. The third-order valence-electron chi connectivity index (χ3n) is 8.33. The first kappa shape index (κ1) is 40.6. The van der Waals surface area contributed by atoms with Crippen LogP contribution in [-0.4, -0.2) is 36.1 Å². The van der Waals surface area contributed by atoms with E-state index in [1.54, 1.807) is 0 Å². The Labute approximate surface area is 261 Å².